The molecule has 1 aliphatic rings. The zero-order valence-corrected chi connectivity index (χ0v) is 14.4. The van der Waals surface area contributed by atoms with E-state index < -0.39 is 0 Å². The normalized spacial score (nSPS) is 19.0. The third-order valence-electron chi connectivity index (χ3n) is 3.51. The van der Waals surface area contributed by atoms with E-state index in [0.29, 0.717) is 17.7 Å². The van der Waals surface area contributed by atoms with Gasteiger partial charge in [-0.1, -0.05) is 6.07 Å². The molecule has 1 unspecified atom stereocenters. The van der Waals surface area contributed by atoms with Gasteiger partial charge >= 0.3 is 0 Å². The third kappa shape index (κ3) is 3.30. The van der Waals surface area contributed by atoms with Crippen molar-refractivity contribution in [2.45, 2.75) is 24.6 Å². The number of fused-ring (bicyclic) bond motifs is 1. The van der Waals surface area contributed by atoms with Crippen LogP contribution in [0.5, 0.6) is 5.75 Å². The van der Waals surface area contributed by atoms with Crippen molar-refractivity contribution in [2.24, 2.45) is 0 Å². The smallest absolute Gasteiger partial charge is 0.147 e. The molecule has 0 N–H and O–H groups in total. The summed E-state index contributed by atoms with van der Waals surface area (Å²) in [7, 11) is 0. The van der Waals surface area contributed by atoms with Crippen molar-refractivity contribution >= 4 is 46.2 Å². The SMILES string of the molecule is CCOc1cccc2c1nc(CCl)n2CC1CSCCS1. The lowest BCUT2D eigenvalue weighted by molar-refractivity contribution is 0.343. The molecule has 0 aliphatic carbocycles. The molecule has 1 aromatic heterocycles. The molecule has 21 heavy (non-hydrogen) atoms. The standard InChI is InChI=1S/C15H19ClN2OS2/c1-2-19-13-5-3-4-12-15(13)17-14(8-16)18(12)9-11-10-20-6-7-21-11/h3-5,11H,2,6-10H2,1H3. The van der Waals surface area contributed by atoms with Gasteiger partial charge in [-0.05, 0) is 19.1 Å². The van der Waals surface area contributed by atoms with E-state index in [-0.39, 0.29) is 0 Å². The topological polar surface area (TPSA) is 27.1 Å². The Morgan fingerprint density at radius 3 is 3.05 bits per heavy atom. The molecule has 1 fully saturated rings. The lowest BCUT2D eigenvalue weighted by Crippen LogP contribution is -2.21. The summed E-state index contributed by atoms with van der Waals surface area (Å²) in [5, 5.41) is 0.638. The average Bonchev–Trinajstić information content (AvgIpc) is 2.88. The minimum absolute atomic E-state index is 0.435. The fraction of sp³-hybridized carbons (Fsp3) is 0.533. The number of halogens is 1. The van der Waals surface area contributed by atoms with Gasteiger partial charge in [-0.25, -0.2) is 4.98 Å². The quantitative estimate of drug-likeness (QED) is 0.767. The molecular formula is C15H19ClN2OS2. The van der Waals surface area contributed by atoms with Crippen LogP contribution in [0, 0.1) is 0 Å². The van der Waals surface area contributed by atoms with Crippen LogP contribution in [-0.2, 0) is 12.4 Å². The number of aromatic nitrogens is 2. The highest BCUT2D eigenvalue weighted by Gasteiger charge is 2.19. The maximum Gasteiger partial charge on any atom is 0.147 e. The van der Waals surface area contributed by atoms with Crippen molar-refractivity contribution in [1.82, 2.24) is 9.55 Å². The number of hydrogen-bond acceptors (Lipinski definition) is 4. The summed E-state index contributed by atoms with van der Waals surface area (Å²) in [4.78, 5) is 4.71. The molecule has 0 spiro atoms. The van der Waals surface area contributed by atoms with Crippen LogP contribution in [-0.4, -0.2) is 38.7 Å². The van der Waals surface area contributed by atoms with Gasteiger partial charge in [0.15, 0.2) is 0 Å². The average molecular weight is 343 g/mol. The molecule has 6 heteroatoms. The van der Waals surface area contributed by atoms with Gasteiger partial charge in [0.2, 0.25) is 0 Å². The maximum absolute atomic E-state index is 6.11. The van der Waals surface area contributed by atoms with Crippen LogP contribution in [0.1, 0.15) is 12.7 Å². The van der Waals surface area contributed by atoms with Gasteiger partial charge in [0.25, 0.3) is 0 Å². The van der Waals surface area contributed by atoms with Gasteiger partial charge in [-0.3, -0.25) is 0 Å². The van der Waals surface area contributed by atoms with E-state index in [1.54, 1.807) is 0 Å². The van der Waals surface area contributed by atoms with Gasteiger partial charge < -0.3 is 9.30 Å². The molecular weight excluding hydrogens is 324 g/mol. The Balaban J connectivity index is 1.97. The van der Waals surface area contributed by atoms with Crippen molar-refractivity contribution in [3.63, 3.8) is 0 Å². The number of para-hydroxylation sites is 1. The lowest BCUT2D eigenvalue weighted by atomic mass is 10.3. The van der Waals surface area contributed by atoms with E-state index in [2.05, 4.69) is 22.4 Å². The summed E-state index contributed by atoms with van der Waals surface area (Å²) in [6.07, 6.45) is 0. The molecule has 3 nitrogen and oxygen atoms in total. The molecule has 1 atom stereocenters. The highest BCUT2D eigenvalue weighted by molar-refractivity contribution is 8.06. The molecule has 2 heterocycles. The van der Waals surface area contributed by atoms with Crippen molar-refractivity contribution in [1.29, 1.82) is 0 Å². The van der Waals surface area contributed by atoms with Crippen LogP contribution in [0.15, 0.2) is 18.2 Å². The molecule has 1 aromatic carbocycles. The van der Waals surface area contributed by atoms with E-state index in [9.17, 15) is 0 Å². The molecule has 3 rings (SSSR count). The van der Waals surface area contributed by atoms with Gasteiger partial charge in [-0.2, -0.15) is 23.5 Å². The van der Waals surface area contributed by atoms with Crippen LogP contribution < -0.4 is 4.74 Å². The number of thioether (sulfide) groups is 2. The number of nitrogens with zero attached hydrogens (tertiary/aromatic N) is 2. The Hall–Kier alpha value is -0.520. The predicted octanol–water partition coefficient (Wildman–Crippen LogP) is 4.02. The molecule has 1 aliphatic heterocycles. The van der Waals surface area contributed by atoms with Gasteiger partial charge in [0, 0.05) is 29.1 Å². The van der Waals surface area contributed by atoms with Crippen LogP contribution in [0.2, 0.25) is 0 Å². The van der Waals surface area contributed by atoms with E-state index in [1.165, 1.54) is 17.3 Å². The number of ether oxygens (including phenoxy) is 1. The van der Waals surface area contributed by atoms with Crippen LogP contribution in [0.25, 0.3) is 11.0 Å². The first-order valence-electron chi connectivity index (χ1n) is 7.19. The molecule has 0 radical (unpaired) electrons. The third-order valence-corrected chi connectivity index (χ3v) is 6.58. The van der Waals surface area contributed by atoms with E-state index >= 15 is 0 Å². The first kappa shape index (κ1) is 15.4. The zero-order valence-electron chi connectivity index (χ0n) is 12.0. The fourth-order valence-corrected chi connectivity index (χ4v) is 5.45. The minimum atomic E-state index is 0.435. The number of alkyl halides is 1. The summed E-state index contributed by atoms with van der Waals surface area (Å²) in [6, 6.07) is 6.13. The van der Waals surface area contributed by atoms with E-state index in [4.69, 9.17) is 21.3 Å². The minimum Gasteiger partial charge on any atom is -0.492 e. The van der Waals surface area contributed by atoms with Crippen molar-refractivity contribution in [2.75, 3.05) is 23.9 Å². The van der Waals surface area contributed by atoms with Crippen LogP contribution in [0.4, 0.5) is 0 Å². The zero-order chi connectivity index (χ0) is 14.7. The summed E-state index contributed by atoms with van der Waals surface area (Å²) in [5.41, 5.74) is 2.07. The Morgan fingerprint density at radius 1 is 1.43 bits per heavy atom. The predicted molar refractivity (Wildman–Crippen MR) is 94.0 cm³/mol. The van der Waals surface area contributed by atoms with E-state index in [0.717, 1.165) is 29.2 Å². The van der Waals surface area contributed by atoms with Crippen molar-refractivity contribution < 1.29 is 4.74 Å². The highest BCUT2D eigenvalue weighted by Crippen LogP contribution is 2.30. The number of benzene rings is 1. The monoisotopic (exact) mass is 342 g/mol. The highest BCUT2D eigenvalue weighted by atomic mass is 35.5. The summed E-state index contributed by atoms with van der Waals surface area (Å²) < 4.78 is 7.97. The van der Waals surface area contributed by atoms with Crippen molar-refractivity contribution in [3.05, 3.63) is 24.0 Å². The molecule has 0 saturated carbocycles. The Labute approximate surface area is 138 Å². The van der Waals surface area contributed by atoms with Crippen LogP contribution in [0.3, 0.4) is 0 Å². The largest absolute Gasteiger partial charge is 0.492 e. The number of imidazole rings is 1. The summed E-state index contributed by atoms with van der Waals surface area (Å²) >= 11 is 10.2. The summed E-state index contributed by atoms with van der Waals surface area (Å²) in [6.45, 7) is 3.62. The lowest BCUT2D eigenvalue weighted by Gasteiger charge is -2.22. The Kier molecular flexibility index (Phi) is 5.24. The van der Waals surface area contributed by atoms with Crippen molar-refractivity contribution in [3.8, 4) is 5.75 Å². The van der Waals surface area contributed by atoms with Gasteiger partial charge in [-0.15, -0.1) is 11.6 Å². The second-order valence-corrected chi connectivity index (χ2v) is 7.72. The molecule has 114 valence electrons. The number of hydrogen-bond donors (Lipinski definition) is 0. The second-order valence-electron chi connectivity index (χ2n) is 4.90. The molecule has 0 bridgehead atoms. The van der Waals surface area contributed by atoms with Gasteiger partial charge in [0.1, 0.15) is 17.1 Å². The Morgan fingerprint density at radius 2 is 2.33 bits per heavy atom. The molecule has 1 saturated heterocycles. The Bertz CT molecular complexity index is 611. The molecule has 0 amide bonds. The van der Waals surface area contributed by atoms with Crippen LogP contribution >= 0.6 is 35.1 Å². The first-order valence-corrected chi connectivity index (χ1v) is 9.93. The summed E-state index contributed by atoms with van der Waals surface area (Å²) in [5.74, 6) is 5.94. The first-order chi connectivity index (χ1) is 10.3. The fourth-order valence-electron chi connectivity index (χ4n) is 2.59. The second kappa shape index (κ2) is 7.16. The number of rotatable bonds is 5. The molecule has 2 aromatic rings. The maximum atomic E-state index is 6.11. The van der Waals surface area contributed by atoms with E-state index in [1.807, 2.05) is 30.8 Å². The van der Waals surface area contributed by atoms with Gasteiger partial charge in [0.05, 0.1) is 18.0 Å².